The van der Waals surface area contributed by atoms with Crippen LogP contribution in [0.5, 0.6) is 0 Å². The van der Waals surface area contributed by atoms with E-state index >= 15 is 0 Å². The predicted molar refractivity (Wildman–Crippen MR) is 482 cm³/mol. The summed E-state index contributed by atoms with van der Waals surface area (Å²) in [4.78, 5) is 67.4. The number of piperidine rings is 4. The zero-order valence-electron chi connectivity index (χ0n) is 76.0. The standard InChI is InChI=1S/C36H36ClF6N3O4.C31H29F6N3O3.C28H29F6N3O2.C5H8Cl2O/c1-25(27-18-29(35(38,39)40)20-30(19-27)36(41,42)43)50-24-34(28-12-6-3-7-13-28)16-15-33(22-44,45-31(47)14-8-9-17-37)23-46(34)32(48)49-21-26-10-4-2-5-11-26;1-21(23-14-25(30(32,33)34)16-26(15-23)31(35,36)37)43-20-29(24-10-6-3-7-11-24)13-12-28(39,18-38)19-40(29)27(41)42-17-22-8-4-2-5-9-22;1-19(20-13-22(27(29,30)31)15-23(14-20)28(32,33)34)39-18-26(21-7-3-2-4-8-21)11-10-25(16-35,17-36-26)37-12-6-5-9-24(37)38;6-4-2-1-3-5(7)8/h2-7,10-13,18-20,25H,8-9,14-17,21,23-24H2,1H3,(H,45,47);2-11,14-16,21H,12-13,17,19-20,39H2,1H3;2-4,7-8,13-15,19,36H,5-6,9-12,17-18H2,1H3;1-4H2/t25-,33-,34-;21-,28-,29-;19-,25-,26-;/m111./s1. The highest BCUT2D eigenvalue weighted by Crippen LogP contribution is 2.49. The van der Waals surface area contributed by atoms with Gasteiger partial charge in [0.05, 0.1) is 119 Å². The quantitative estimate of drug-likeness (QED) is 0.0170. The van der Waals surface area contributed by atoms with E-state index in [1.165, 1.54) is 30.6 Å². The monoisotopic (exact) mass is 2040 g/mol. The lowest BCUT2D eigenvalue weighted by atomic mass is 9.75. The zero-order valence-corrected chi connectivity index (χ0v) is 78.3. The number of carbonyl (C=O) groups excluding carboxylic acids is 5. The van der Waals surface area contributed by atoms with E-state index in [4.69, 9.17) is 64.2 Å². The minimum absolute atomic E-state index is 0.0100. The molecule has 4 amide bonds. The maximum Gasteiger partial charge on any atom is 0.416 e. The van der Waals surface area contributed by atoms with E-state index in [9.17, 15) is 119 Å². The molecule has 4 aliphatic rings. The van der Waals surface area contributed by atoms with Gasteiger partial charge in [-0.2, -0.15) is 94.8 Å². The Labute approximate surface area is 812 Å². The number of alkyl halides is 20. The molecule has 0 unspecified atom stereocenters. The van der Waals surface area contributed by atoms with Crippen molar-refractivity contribution in [1.29, 1.82) is 15.8 Å². The third-order valence-corrected chi connectivity index (χ3v) is 25.4. The van der Waals surface area contributed by atoms with E-state index in [2.05, 4.69) is 22.8 Å². The van der Waals surface area contributed by atoms with Crippen LogP contribution in [0.4, 0.5) is 88.6 Å². The van der Waals surface area contributed by atoms with Crippen molar-refractivity contribution >= 4 is 64.0 Å². The Morgan fingerprint density at radius 3 is 1.16 bits per heavy atom. The van der Waals surface area contributed by atoms with Gasteiger partial charge in [-0.05, 0) is 209 Å². The summed E-state index contributed by atoms with van der Waals surface area (Å²) in [6.45, 7) is 3.01. The number of amides is 4. The summed E-state index contributed by atoms with van der Waals surface area (Å²) in [6.07, 6.45) is -29.2. The lowest BCUT2D eigenvalue weighted by molar-refractivity contribution is -0.145. The highest BCUT2D eigenvalue weighted by atomic mass is 35.5. The zero-order chi connectivity index (χ0) is 103. The predicted octanol–water partition coefficient (Wildman–Crippen LogP) is 24.8. The molecule has 12 rings (SSSR count). The first-order chi connectivity index (χ1) is 65.9. The summed E-state index contributed by atoms with van der Waals surface area (Å²) >= 11 is 16.1. The number of carbonyl (C=O) groups is 5. The van der Waals surface area contributed by atoms with Gasteiger partial charge in [0, 0.05) is 44.1 Å². The fourth-order valence-electron chi connectivity index (χ4n) is 16.6. The number of nitriles is 3. The largest absolute Gasteiger partial charge is 0.445 e. The molecule has 0 spiro atoms. The highest BCUT2D eigenvalue weighted by molar-refractivity contribution is 6.63. The van der Waals surface area contributed by atoms with E-state index < -0.39 is 147 Å². The van der Waals surface area contributed by atoms with Gasteiger partial charge in [0.25, 0.3) is 0 Å². The van der Waals surface area contributed by atoms with Crippen molar-refractivity contribution in [2.75, 3.05) is 57.8 Å². The van der Waals surface area contributed by atoms with Crippen molar-refractivity contribution in [3.05, 3.63) is 284 Å². The second-order valence-corrected chi connectivity index (χ2v) is 35.7. The van der Waals surface area contributed by atoms with Crippen molar-refractivity contribution in [1.82, 2.24) is 25.3 Å². The van der Waals surface area contributed by atoms with Crippen molar-refractivity contribution in [3.63, 3.8) is 0 Å². The van der Waals surface area contributed by atoms with Gasteiger partial charge in [0.1, 0.15) is 29.8 Å². The number of hydrogen-bond donors (Lipinski definition) is 3. The van der Waals surface area contributed by atoms with Gasteiger partial charge in [-0.15, -0.1) is 23.2 Å². The summed E-state index contributed by atoms with van der Waals surface area (Å²) < 4.78 is 272. The number of unbranched alkanes of at least 4 members (excludes halogenated alkanes) is 2. The molecule has 4 fully saturated rings. The Kier molecular flexibility index (Phi) is 38.9. The first-order valence-electron chi connectivity index (χ1n) is 44.4. The number of benzene rings is 8. The van der Waals surface area contributed by atoms with Crippen molar-refractivity contribution in [3.8, 4) is 18.2 Å². The van der Waals surface area contributed by atoms with Crippen molar-refractivity contribution < 1.29 is 127 Å². The molecule has 4 saturated heterocycles. The molecule has 4 heterocycles. The van der Waals surface area contributed by atoms with E-state index in [-0.39, 0.29) is 124 Å². The highest BCUT2D eigenvalue weighted by Gasteiger charge is 2.56. The smallest absolute Gasteiger partial charge is 0.416 e. The van der Waals surface area contributed by atoms with Crippen LogP contribution in [0.2, 0.25) is 0 Å². The number of rotatable bonds is 29. The van der Waals surface area contributed by atoms with E-state index in [0.717, 1.165) is 31.2 Å². The van der Waals surface area contributed by atoms with Crippen molar-refractivity contribution in [2.45, 2.75) is 219 Å². The molecule has 9 atom stereocenters. The Hall–Kier alpha value is -11.2. The molecule has 0 aromatic heterocycles. The molecule has 0 radical (unpaired) electrons. The summed E-state index contributed by atoms with van der Waals surface area (Å²) in [6, 6.07) is 54.3. The number of nitrogens with two attached hydrogens (primary N) is 1. The molecule has 8 aromatic rings. The maximum atomic E-state index is 14.0. The van der Waals surface area contributed by atoms with E-state index in [0.29, 0.717) is 115 Å². The molecule has 8 aromatic carbocycles. The molecular weight excluding hydrogens is 1940 g/mol. The molecule has 140 heavy (non-hydrogen) atoms. The van der Waals surface area contributed by atoms with Gasteiger partial charge >= 0.3 is 49.2 Å². The molecule has 754 valence electrons. The fourth-order valence-corrected chi connectivity index (χ4v) is 17.2. The first kappa shape index (κ1) is 112. The summed E-state index contributed by atoms with van der Waals surface area (Å²) in [5, 5.41) is 36.2. The number of nitrogens with zero attached hydrogens (tertiary/aromatic N) is 6. The van der Waals surface area contributed by atoms with Crippen LogP contribution in [0.3, 0.4) is 0 Å². The Bertz CT molecular complexity index is 5480. The molecule has 0 bridgehead atoms. The summed E-state index contributed by atoms with van der Waals surface area (Å²) in [7, 11) is 0. The number of halogens is 21. The number of hydrogen-bond acceptors (Lipinski definition) is 15. The fraction of sp³-hybridized carbons (Fsp3) is 0.440. The van der Waals surface area contributed by atoms with Crippen LogP contribution < -0.4 is 16.4 Å². The molecule has 19 nitrogen and oxygen atoms in total. The third-order valence-electron chi connectivity index (χ3n) is 24.7. The topological polar surface area (TPSA) is 263 Å². The summed E-state index contributed by atoms with van der Waals surface area (Å²) in [5.41, 5.74) is -7.75. The molecular formula is C100H102Cl3F18N9O10. The van der Waals surface area contributed by atoms with Gasteiger partial charge < -0.3 is 45.0 Å². The Balaban J connectivity index is 0.000000227. The Morgan fingerprint density at radius 2 is 0.814 bits per heavy atom. The molecule has 4 aliphatic heterocycles. The normalized spacial score (nSPS) is 21.4. The van der Waals surface area contributed by atoms with Gasteiger partial charge in [0.15, 0.2) is 0 Å². The van der Waals surface area contributed by atoms with Gasteiger partial charge in [-0.25, -0.2) is 9.59 Å². The lowest BCUT2D eigenvalue weighted by Gasteiger charge is -2.51. The number of ether oxygens (including phenoxy) is 5. The third kappa shape index (κ3) is 30.2. The van der Waals surface area contributed by atoms with Crippen molar-refractivity contribution in [2.24, 2.45) is 5.73 Å². The molecule has 40 heteroatoms. The molecule has 0 saturated carbocycles. The van der Waals surface area contributed by atoms with E-state index in [1.807, 2.05) is 36.4 Å². The first-order valence-corrected chi connectivity index (χ1v) is 45.9. The molecule has 0 aliphatic carbocycles. The minimum atomic E-state index is -5.06. The van der Waals surface area contributed by atoms with Crippen LogP contribution in [0, 0.1) is 34.0 Å². The second kappa shape index (κ2) is 48.5. The average molecular weight is 2040 g/mol. The average Bonchev–Trinajstić information content (AvgIpc) is 0.747. The SMILES string of the molecule is C[C@@H](OC[C@@]1(c2ccccc2)CC[C@@](N)(C#N)CN1C(=O)OCc1ccccc1)c1cc(C(F)(F)F)cc(C(F)(F)F)c1.C[C@@H](OC[C@@]1(c2ccccc2)CC[C@](C#N)(N2CCCCC2=O)CN1)c1cc(C(F)(F)F)cc(C(F)(F)F)c1.C[C@@H](OC[C@@]1(c2ccccc2)CC[C@](C#N)(NC(=O)CCCCCl)CN1C(=O)OCc1ccccc1)c1cc(C(F)(F)F)cc(C(F)(F)F)c1.O=C(Cl)CCCCCl. The van der Waals surface area contributed by atoms with Gasteiger partial charge in [-0.1, -0.05) is 152 Å². The van der Waals surface area contributed by atoms with Crippen LogP contribution in [-0.2, 0) is 105 Å². The van der Waals surface area contributed by atoms with Crippen LogP contribution in [0.25, 0.3) is 0 Å². The van der Waals surface area contributed by atoms with Crippen LogP contribution in [0.15, 0.2) is 206 Å². The summed E-state index contributed by atoms with van der Waals surface area (Å²) in [5.74, 6) is 0.473. The number of nitrogens with one attached hydrogen (secondary N) is 2. The second-order valence-electron chi connectivity index (χ2n) is 34.5. The van der Waals surface area contributed by atoms with Crippen LogP contribution in [-0.4, -0.2) is 118 Å². The van der Waals surface area contributed by atoms with Crippen LogP contribution >= 0.6 is 34.8 Å². The van der Waals surface area contributed by atoms with Gasteiger partial charge in [-0.3, -0.25) is 24.2 Å². The Morgan fingerprint density at radius 1 is 0.450 bits per heavy atom. The van der Waals surface area contributed by atoms with Crippen LogP contribution in [0.1, 0.15) is 213 Å². The van der Waals surface area contributed by atoms with E-state index in [1.54, 1.807) is 126 Å². The molecule has 4 N–H and O–H groups in total. The number of likely N-dealkylation sites (tertiary alicyclic amines) is 3. The minimum Gasteiger partial charge on any atom is -0.445 e. The lowest BCUT2D eigenvalue weighted by Crippen LogP contribution is -2.66. The van der Waals surface area contributed by atoms with Gasteiger partial charge in [0.2, 0.25) is 17.1 Å². The maximum absolute atomic E-state index is 14.0.